The molecule has 9 nitrogen and oxygen atoms in total. The minimum absolute atomic E-state index is 0.234. The largest absolute Gasteiger partial charge is 0.368 e. The molecule has 5 rings (SSSR count). The van der Waals surface area contributed by atoms with E-state index in [1.165, 1.54) is 9.80 Å². The van der Waals surface area contributed by atoms with Crippen LogP contribution in [0.15, 0.2) is 66.7 Å². The monoisotopic (exact) mass is 589 g/mol. The Bertz CT molecular complexity index is 1490. The SMILES string of the molecule is CC1CCN(C(Cc2cccc3ccccc23)C(N)=O)C(=O)C(c2cccc(Cl)c2)N1C(=O)CNC(=O)C1CCCN1. The summed E-state index contributed by atoms with van der Waals surface area (Å²) < 4.78 is 0. The molecule has 3 aromatic carbocycles. The van der Waals surface area contributed by atoms with Crippen molar-refractivity contribution in [1.82, 2.24) is 20.4 Å². The van der Waals surface area contributed by atoms with E-state index in [1.807, 2.05) is 49.4 Å². The first-order chi connectivity index (χ1) is 20.2. The standard InChI is InChI=1S/C32H36ClN5O4/c1-20-14-16-37(27(30(34)40)18-22-9-4-8-21-7-2-3-12-25(21)22)32(42)29(23-10-5-11-24(33)17-23)38(20)28(39)19-36-31(41)26-13-6-15-35-26/h2-5,7-12,17,20,26-27,29,35H,6,13-16,18-19H2,1H3,(H2,34,40)(H,36,41). The van der Waals surface area contributed by atoms with E-state index in [0.717, 1.165) is 29.3 Å². The van der Waals surface area contributed by atoms with Crippen molar-refractivity contribution in [3.05, 3.63) is 82.9 Å². The zero-order chi connectivity index (χ0) is 29.8. The Hall–Kier alpha value is -3.95. The summed E-state index contributed by atoms with van der Waals surface area (Å²) in [5.41, 5.74) is 7.39. The van der Waals surface area contributed by atoms with Crippen LogP contribution >= 0.6 is 11.6 Å². The minimum atomic E-state index is -1.05. The van der Waals surface area contributed by atoms with Crippen molar-refractivity contribution in [3.8, 4) is 0 Å². The normalized spacial score (nSPS) is 21.7. The van der Waals surface area contributed by atoms with E-state index in [4.69, 9.17) is 17.3 Å². The molecule has 4 unspecified atom stereocenters. The third-order valence-electron chi connectivity index (χ3n) is 8.30. The zero-order valence-electron chi connectivity index (χ0n) is 23.6. The molecule has 2 aliphatic heterocycles. The maximum absolute atomic E-state index is 14.4. The molecule has 10 heteroatoms. The number of nitrogens with one attached hydrogen (secondary N) is 2. The Kier molecular flexibility index (Phi) is 9.09. The molecular weight excluding hydrogens is 554 g/mol. The number of benzene rings is 3. The number of hydrogen-bond acceptors (Lipinski definition) is 5. The van der Waals surface area contributed by atoms with E-state index >= 15 is 0 Å². The lowest BCUT2D eigenvalue weighted by Gasteiger charge is -2.36. The highest BCUT2D eigenvalue weighted by Crippen LogP contribution is 2.33. The van der Waals surface area contributed by atoms with Gasteiger partial charge >= 0.3 is 0 Å². The molecule has 4 amide bonds. The van der Waals surface area contributed by atoms with E-state index in [0.29, 0.717) is 23.4 Å². The molecule has 0 spiro atoms. The van der Waals surface area contributed by atoms with E-state index in [9.17, 15) is 19.2 Å². The van der Waals surface area contributed by atoms with Crippen LogP contribution in [0.2, 0.25) is 5.02 Å². The summed E-state index contributed by atoms with van der Waals surface area (Å²) in [6.07, 6.45) is 2.27. The van der Waals surface area contributed by atoms with Crippen LogP contribution in [-0.2, 0) is 25.6 Å². The van der Waals surface area contributed by atoms with E-state index in [2.05, 4.69) is 10.6 Å². The van der Waals surface area contributed by atoms with Gasteiger partial charge in [-0.3, -0.25) is 19.2 Å². The molecule has 0 radical (unpaired) electrons. The third kappa shape index (κ3) is 6.27. The highest BCUT2D eigenvalue weighted by molar-refractivity contribution is 6.30. The predicted molar refractivity (Wildman–Crippen MR) is 161 cm³/mol. The number of hydrogen-bond donors (Lipinski definition) is 3. The van der Waals surface area contributed by atoms with Gasteiger partial charge in [-0.25, -0.2) is 0 Å². The fourth-order valence-electron chi connectivity index (χ4n) is 6.11. The minimum Gasteiger partial charge on any atom is -0.368 e. The molecule has 0 aliphatic carbocycles. The van der Waals surface area contributed by atoms with Gasteiger partial charge in [0, 0.05) is 24.0 Å². The van der Waals surface area contributed by atoms with Crippen molar-refractivity contribution in [2.24, 2.45) is 5.73 Å². The van der Waals surface area contributed by atoms with Crippen LogP contribution in [0.25, 0.3) is 10.8 Å². The summed E-state index contributed by atoms with van der Waals surface area (Å²) >= 11 is 6.34. The number of nitrogens with two attached hydrogens (primary N) is 1. The Morgan fingerprint density at radius 1 is 1.07 bits per heavy atom. The van der Waals surface area contributed by atoms with Crippen LogP contribution in [-0.4, -0.2) is 71.2 Å². The number of fused-ring (bicyclic) bond motifs is 1. The molecule has 3 aromatic rings. The molecule has 0 aromatic heterocycles. The molecule has 2 fully saturated rings. The molecule has 2 heterocycles. The molecular formula is C32H36ClN5O4. The number of carbonyl (C=O) groups is 4. The van der Waals surface area contributed by atoms with Crippen molar-refractivity contribution in [3.63, 3.8) is 0 Å². The molecule has 2 saturated heterocycles. The second-order valence-electron chi connectivity index (χ2n) is 11.1. The molecule has 2 aliphatic rings. The second kappa shape index (κ2) is 12.9. The van der Waals surface area contributed by atoms with Gasteiger partial charge in [0.15, 0.2) is 0 Å². The van der Waals surface area contributed by atoms with Crippen molar-refractivity contribution in [2.75, 3.05) is 19.6 Å². The van der Waals surface area contributed by atoms with Gasteiger partial charge in [0.25, 0.3) is 5.91 Å². The zero-order valence-corrected chi connectivity index (χ0v) is 24.3. The van der Waals surface area contributed by atoms with Crippen LogP contribution in [0, 0.1) is 0 Å². The second-order valence-corrected chi connectivity index (χ2v) is 11.5. The topological polar surface area (TPSA) is 125 Å². The maximum atomic E-state index is 14.4. The van der Waals surface area contributed by atoms with Crippen LogP contribution < -0.4 is 16.4 Å². The van der Waals surface area contributed by atoms with Crippen LogP contribution in [0.5, 0.6) is 0 Å². The summed E-state index contributed by atoms with van der Waals surface area (Å²) in [4.78, 5) is 56.8. The number of carbonyl (C=O) groups excluding carboxylic acids is 4. The molecule has 4 atom stereocenters. The smallest absolute Gasteiger partial charge is 0.250 e. The van der Waals surface area contributed by atoms with Crippen molar-refractivity contribution >= 4 is 46.0 Å². The van der Waals surface area contributed by atoms with E-state index in [-0.39, 0.29) is 37.5 Å². The number of primary amides is 1. The van der Waals surface area contributed by atoms with Crippen LogP contribution in [0.1, 0.15) is 43.4 Å². The lowest BCUT2D eigenvalue weighted by atomic mass is 9.96. The first kappa shape index (κ1) is 29.5. The summed E-state index contributed by atoms with van der Waals surface area (Å²) in [6.45, 7) is 2.62. The number of nitrogens with zero attached hydrogens (tertiary/aromatic N) is 2. The molecule has 4 N–H and O–H groups in total. The summed E-state index contributed by atoms with van der Waals surface area (Å²) in [5, 5.41) is 8.30. The van der Waals surface area contributed by atoms with Gasteiger partial charge in [-0.15, -0.1) is 0 Å². The van der Waals surface area contributed by atoms with Gasteiger partial charge in [-0.1, -0.05) is 66.2 Å². The molecule has 42 heavy (non-hydrogen) atoms. The number of amides is 4. The lowest BCUT2D eigenvalue weighted by Crippen LogP contribution is -2.53. The van der Waals surface area contributed by atoms with Gasteiger partial charge in [0.05, 0.1) is 12.6 Å². The number of rotatable bonds is 8. The molecule has 0 saturated carbocycles. The Labute approximate surface area is 250 Å². The van der Waals surface area contributed by atoms with Crippen molar-refractivity contribution in [1.29, 1.82) is 0 Å². The molecule has 220 valence electrons. The Morgan fingerprint density at radius 2 is 1.83 bits per heavy atom. The third-order valence-corrected chi connectivity index (χ3v) is 8.53. The quantitative estimate of drug-likeness (QED) is 0.373. The predicted octanol–water partition coefficient (Wildman–Crippen LogP) is 2.95. The average molecular weight is 590 g/mol. The van der Waals surface area contributed by atoms with Gasteiger partial charge in [0.2, 0.25) is 17.7 Å². The molecule has 0 bridgehead atoms. The first-order valence-electron chi connectivity index (χ1n) is 14.4. The summed E-state index contributed by atoms with van der Waals surface area (Å²) in [7, 11) is 0. The Balaban J connectivity index is 1.47. The highest BCUT2D eigenvalue weighted by Gasteiger charge is 2.43. The summed E-state index contributed by atoms with van der Waals surface area (Å²) in [5.74, 6) is -1.66. The lowest BCUT2D eigenvalue weighted by molar-refractivity contribution is -0.148. The fourth-order valence-corrected chi connectivity index (χ4v) is 6.31. The van der Waals surface area contributed by atoms with E-state index in [1.54, 1.807) is 24.3 Å². The first-order valence-corrected chi connectivity index (χ1v) is 14.8. The van der Waals surface area contributed by atoms with Crippen LogP contribution in [0.4, 0.5) is 0 Å². The van der Waals surface area contributed by atoms with Gasteiger partial charge < -0.3 is 26.2 Å². The number of halogens is 1. The average Bonchev–Trinajstić information content (AvgIpc) is 3.49. The summed E-state index contributed by atoms with van der Waals surface area (Å²) in [6, 6.07) is 17.9. The maximum Gasteiger partial charge on any atom is 0.250 e. The van der Waals surface area contributed by atoms with Crippen molar-refractivity contribution < 1.29 is 19.2 Å². The van der Waals surface area contributed by atoms with Gasteiger partial charge in [-0.05, 0) is 66.8 Å². The van der Waals surface area contributed by atoms with Crippen molar-refractivity contribution in [2.45, 2.75) is 56.8 Å². The van der Waals surface area contributed by atoms with Crippen LogP contribution in [0.3, 0.4) is 0 Å². The van der Waals surface area contributed by atoms with Gasteiger partial charge in [-0.2, -0.15) is 0 Å². The van der Waals surface area contributed by atoms with Gasteiger partial charge in [0.1, 0.15) is 12.1 Å². The Morgan fingerprint density at radius 3 is 2.57 bits per heavy atom. The fraction of sp³-hybridized carbons (Fsp3) is 0.375. The van der Waals surface area contributed by atoms with E-state index < -0.39 is 29.8 Å². The highest BCUT2D eigenvalue weighted by atomic mass is 35.5.